The molecular weight excluding hydrogens is 172 g/mol. The molecule has 70 valence electrons. The molecule has 1 heterocycles. The van der Waals surface area contributed by atoms with Crippen LogP contribution in [0.5, 0.6) is 0 Å². The third kappa shape index (κ3) is 1.67. The molecule has 1 saturated carbocycles. The van der Waals surface area contributed by atoms with Gasteiger partial charge in [-0.1, -0.05) is 0 Å². The quantitative estimate of drug-likeness (QED) is 0.554. The number of carbonyl (C=O) groups is 1. The Morgan fingerprint density at radius 1 is 1.85 bits per heavy atom. The lowest BCUT2D eigenvalue weighted by Gasteiger charge is -1.99. The average molecular weight is 182 g/mol. The first-order valence-corrected chi connectivity index (χ1v) is 4.08. The van der Waals surface area contributed by atoms with Gasteiger partial charge in [0.2, 0.25) is 5.82 Å². The molecule has 6 nitrogen and oxygen atoms in total. The summed E-state index contributed by atoms with van der Waals surface area (Å²) >= 11 is 0. The van der Waals surface area contributed by atoms with Gasteiger partial charge in [-0.05, 0) is 6.42 Å². The normalized spacial score (nSPS) is 25.6. The summed E-state index contributed by atoms with van der Waals surface area (Å²) in [4.78, 5) is 15.0. The molecule has 2 rings (SSSR count). The van der Waals surface area contributed by atoms with Crippen LogP contribution in [0.25, 0.3) is 0 Å². The van der Waals surface area contributed by atoms with E-state index in [-0.39, 0.29) is 30.3 Å². The minimum atomic E-state index is -0.265. The van der Waals surface area contributed by atoms with Gasteiger partial charge in [0.25, 0.3) is 5.91 Å². The lowest BCUT2D eigenvalue weighted by Crippen LogP contribution is -2.28. The summed E-state index contributed by atoms with van der Waals surface area (Å²) in [6.45, 7) is 0.126. The fraction of sp³-hybridized carbons (Fsp3) is 0.571. The van der Waals surface area contributed by atoms with E-state index >= 15 is 0 Å². The average Bonchev–Trinajstić information content (AvgIpc) is 2.68. The summed E-state index contributed by atoms with van der Waals surface area (Å²) in [7, 11) is 0. The Bertz CT molecular complexity index is 297. The van der Waals surface area contributed by atoms with Crippen molar-refractivity contribution in [3.8, 4) is 0 Å². The van der Waals surface area contributed by atoms with Crippen LogP contribution < -0.4 is 5.32 Å². The maximum Gasteiger partial charge on any atom is 0.288 e. The maximum atomic E-state index is 11.3. The zero-order chi connectivity index (χ0) is 9.26. The van der Waals surface area contributed by atoms with Crippen LogP contribution in [0, 0.1) is 5.92 Å². The first-order valence-electron chi connectivity index (χ1n) is 4.08. The predicted molar refractivity (Wildman–Crippen MR) is 42.8 cm³/mol. The molecule has 1 amide bonds. The van der Waals surface area contributed by atoms with E-state index in [0.717, 1.165) is 6.42 Å². The molecule has 0 saturated heterocycles. The number of nitrogens with zero attached hydrogens (tertiary/aromatic N) is 2. The lowest BCUT2D eigenvalue weighted by molar-refractivity contribution is 0.0937. The molecule has 6 heteroatoms. The van der Waals surface area contributed by atoms with E-state index in [1.807, 2.05) is 0 Å². The molecule has 0 radical (unpaired) electrons. The molecule has 0 aliphatic heterocycles. The smallest absolute Gasteiger partial charge is 0.288 e. The summed E-state index contributed by atoms with van der Waals surface area (Å²) in [5.41, 5.74) is 0. The number of aromatic amines is 1. The molecule has 0 unspecified atom stereocenters. The number of hydrogen-bond donors (Lipinski definition) is 3. The summed E-state index contributed by atoms with van der Waals surface area (Å²) in [5.74, 6) is 0.161. The molecule has 1 aromatic heterocycles. The van der Waals surface area contributed by atoms with Gasteiger partial charge in [0.05, 0.1) is 0 Å². The van der Waals surface area contributed by atoms with Gasteiger partial charge in [-0.2, -0.15) is 5.10 Å². The van der Waals surface area contributed by atoms with E-state index in [1.165, 1.54) is 6.33 Å². The Hall–Kier alpha value is -1.43. The number of rotatable bonds is 3. The number of aliphatic hydroxyl groups excluding tert-OH is 1. The summed E-state index contributed by atoms with van der Waals surface area (Å²) < 4.78 is 0. The van der Waals surface area contributed by atoms with Crippen molar-refractivity contribution in [3.05, 3.63) is 12.2 Å². The standard InChI is InChI=1S/C7H10N4O2/c12-2-4-1-5(4)10-7(13)6-8-3-9-11-6/h3-5,12H,1-2H2,(H,10,13)(H,8,9,11)/t4-,5+/m0/s1. The fourth-order valence-corrected chi connectivity index (χ4v) is 1.18. The number of amides is 1. The van der Waals surface area contributed by atoms with E-state index in [4.69, 9.17) is 5.11 Å². The van der Waals surface area contributed by atoms with Gasteiger partial charge in [-0.3, -0.25) is 9.89 Å². The van der Waals surface area contributed by atoms with Gasteiger partial charge in [-0.25, -0.2) is 4.98 Å². The third-order valence-electron chi connectivity index (χ3n) is 2.10. The van der Waals surface area contributed by atoms with Gasteiger partial charge in [0.1, 0.15) is 6.33 Å². The molecule has 1 fully saturated rings. The van der Waals surface area contributed by atoms with Crippen LogP contribution >= 0.6 is 0 Å². The number of aromatic nitrogens is 3. The lowest BCUT2D eigenvalue weighted by atomic mass is 10.4. The number of H-pyrrole nitrogens is 1. The maximum absolute atomic E-state index is 11.3. The van der Waals surface area contributed by atoms with Crippen LogP contribution in [0.1, 0.15) is 17.0 Å². The highest BCUT2D eigenvalue weighted by Crippen LogP contribution is 2.29. The Kier molecular flexibility index (Phi) is 1.97. The van der Waals surface area contributed by atoms with Crippen LogP contribution in [0.4, 0.5) is 0 Å². The topological polar surface area (TPSA) is 90.9 Å². The largest absolute Gasteiger partial charge is 0.396 e. The van der Waals surface area contributed by atoms with E-state index < -0.39 is 0 Å². The molecule has 1 aliphatic carbocycles. The number of nitrogens with one attached hydrogen (secondary N) is 2. The minimum Gasteiger partial charge on any atom is -0.396 e. The molecule has 13 heavy (non-hydrogen) atoms. The summed E-state index contributed by atoms with van der Waals surface area (Å²) in [5, 5.41) is 17.5. The molecule has 0 spiro atoms. The molecule has 1 aromatic rings. The van der Waals surface area contributed by atoms with Gasteiger partial charge >= 0.3 is 0 Å². The van der Waals surface area contributed by atoms with Crippen molar-refractivity contribution in [2.24, 2.45) is 5.92 Å². The first kappa shape index (κ1) is 8.18. The van der Waals surface area contributed by atoms with E-state index in [0.29, 0.717) is 0 Å². The third-order valence-corrected chi connectivity index (χ3v) is 2.10. The fourth-order valence-electron chi connectivity index (χ4n) is 1.18. The van der Waals surface area contributed by atoms with Gasteiger partial charge in [0.15, 0.2) is 0 Å². The second-order valence-electron chi connectivity index (χ2n) is 3.09. The van der Waals surface area contributed by atoms with Crippen LogP contribution in [0.3, 0.4) is 0 Å². The Balaban J connectivity index is 1.87. The Morgan fingerprint density at radius 2 is 2.69 bits per heavy atom. The molecule has 0 aromatic carbocycles. The first-order chi connectivity index (χ1) is 6.31. The van der Waals surface area contributed by atoms with Gasteiger partial charge < -0.3 is 10.4 Å². The van der Waals surface area contributed by atoms with Gasteiger partial charge in [-0.15, -0.1) is 0 Å². The molecule has 2 atom stereocenters. The van der Waals surface area contributed by atoms with E-state index in [2.05, 4.69) is 20.5 Å². The van der Waals surface area contributed by atoms with Crippen molar-refractivity contribution in [2.45, 2.75) is 12.5 Å². The molecular formula is C7H10N4O2. The van der Waals surface area contributed by atoms with Crippen LogP contribution in [-0.4, -0.2) is 38.8 Å². The second-order valence-corrected chi connectivity index (χ2v) is 3.09. The van der Waals surface area contributed by atoms with Crippen molar-refractivity contribution in [1.82, 2.24) is 20.5 Å². The summed E-state index contributed by atoms with van der Waals surface area (Å²) in [6, 6.07) is 0.0996. The van der Waals surface area contributed by atoms with Gasteiger partial charge in [0, 0.05) is 18.6 Å². The highest BCUT2D eigenvalue weighted by Gasteiger charge is 2.37. The number of aliphatic hydroxyl groups is 1. The molecule has 1 aliphatic rings. The summed E-state index contributed by atoms with van der Waals surface area (Å²) in [6.07, 6.45) is 2.13. The minimum absolute atomic E-state index is 0.0996. The highest BCUT2D eigenvalue weighted by atomic mass is 16.3. The zero-order valence-corrected chi connectivity index (χ0v) is 6.90. The van der Waals surface area contributed by atoms with E-state index in [1.54, 1.807) is 0 Å². The van der Waals surface area contributed by atoms with Crippen molar-refractivity contribution >= 4 is 5.91 Å². The molecule has 3 N–H and O–H groups in total. The van der Waals surface area contributed by atoms with Crippen LogP contribution in [0.15, 0.2) is 6.33 Å². The molecule has 0 bridgehead atoms. The van der Waals surface area contributed by atoms with Crippen LogP contribution in [0.2, 0.25) is 0 Å². The van der Waals surface area contributed by atoms with Crippen LogP contribution in [-0.2, 0) is 0 Å². The zero-order valence-electron chi connectivity index (χ0n) is 6.90. The number of carbonyl (C=O) groups excluding carboxylic acids is 1. The Morgan fingerprint density at radius 3 is 3.23 bits per heavy atom. The predicted octanol–water partition coefficient (Wildman–Crippen LogP) is -1.08. The van der Waals surface area contributed by atoms with Crippen molar-refractivity contribution in [1.29, 1.82) is 0 Å². The number of hydrogen-bond acceptors (Lipinski definition) is 4. The van der Waals surface area contributed by atoms with E-state index in [9.17, 15) is 4.79 Å². The monoisotopic (exact) mass is 182 g/mol. The highest BCUT2D eigenvalue weighted by molar-refractivity contribution is 5.90. The SMILES string of the molecule is O=C(N[C@@H]1C[C@H]1CO)c1ncn[nH]1. The second kappa shape index (κ2) is 3.14. The van der Waals surface area contributed by atoms with Crippen molar-refractivity contribution in [2.75, 3.05) is 6.61 Å². The Labute approximate surface area is 74.4 Å². The van der Waals surface area contributed by atoms with Crippen molar-refractivity contribution < 1.29 is 9.90 Å². The van der Waals surface area contributed by atoms with Crippen molar-refractivity contribution in [3.63, 3.8) is 0 Å².